The van der Waals surface area contributed by atoms with E-state index in [9.17, 15) is 13.2 Å². The number of thioether (sulfide) groups is 1. The van der Waals surface area contributed by atoms with Gasteiger partial charge in [-0.2, -0.15) is 5.01 Å². The molecule has 1 amide bonds. The van der Waals surface area contributed by atoms with Crippen LogP contribution in [0.5, 0.6) is 0 Å². The van der Waals surface area contributed by atoms with Crippen molar-refractivity contribution in [2.45, 2.75) is 17.4 Å². The lowest BCUT2D eigenvalue weighted by molar-refractivity contribution is -0.129. The maximum atomic E-state index is 13.1. The number of benzene rings is 2. The number of amidine groups is 1. The molecule has 1 heterocycles. The number of carbonyl (C=O) groups excluding carboxylic acids is 1. The quantitative estimate of drug-likeness (QED) is 0.870. The molecule has 0 bridgehead atoms. The third-order valence-electron chi connectivity index (χ3n) is 4.17. The normalized spacial score (nSPS) is 20.2. The molecule has 6 nitrogen and oxygen atoms in total. The van der Waals surface area contributed by atoms with Gasteiger partial charge >= 0.3 is 0 Å². The molecule has 0 spiro atoms. The zero-order valence-electron chi connectivity index (χ0n) is 14.6. The third-order valence-corrected chi connectivity index (χ3v) is 5.94. The lowest BCUT2D eigenvalue weighted by Gasteiger charge is -2.24. The van der Waals surface area contributed by atoms with Crippen molar-refractivity contribution in [3.63, 3.8) is 0 Å². The summed E-state index contributed by atoms with van der Waals surface area (Å²) < 4.78 is 23.1. The molecule has 0 saturated carbocycles. The molecule has 8 heteroatoms. The van der Waals surface area contributed by atoms with E-state index < -0.39 is 15.4 Å². The summed E-state index contributed by atoms with van der Waals surface area (Å²) in [7, 11) is -3.26. The first kappa shape index (κ1) is 18.5. The van der Waals surface area contributed by atoms with E-state index in [1.54, 1.807) is 19.1 Å². The maximum absolute atomic E-state index is 13.1. The van der Waals surface area contributed by atoms with Crippen molar-refractivity contribution >= 4 is 38.4 Å². The summed E-state index contributed by atoms with van der Waals surface area (Å²) in [4.78, 5) is 17.9. The molecule has 2 aromatic rings. The molecule has 136 valence electrons. The van der Waals surface area contributed by atoms with Crippen LogP contribution in [0.1, 0.15) is 12.5 Å². The fourth-order valence-corrected chi connectivity index (χ4v) is 3.90. The van der Waals surface area contributed by atoms with Crippen LogP contribution >= 0.6 is 11.8 Å². The van der Waals surface area contributed by atoms with Crippen LogP contribution in [0.15, 0.2) is 64.5 Å². The predicted molar refractivity (Wildman–Crippen MR) is 105 cm³/mol. The molecule has 1 aliphatic rings. The van der Waals surface area contributed by atoms with E-state index in [4.69, 9.17) is 0 Å². The van der Waals surface area contributed by atoms with Gasteiger partial charge in [-0.25, -0.2) is 13.4 Å². The van der Waals surface area contributed by atoms with Crippen molar-refractivity contribution in [2.24, 2.45) is 4.99 Å². The highest BCUT2D eigenvalue weighted by Gasteiger charge is 2.46. The van der Waals surface area contributed by atoms with Gasteiger partial charge in [0.15, 0.2) is 20.5 Å². The molecule has 1 N–H and O–H groups in total. The van der Waals surface area contributed by atoms with Crippen LogP contribution in [0.2, 0.25) is 0 Å². The second-order valence-electron chi connectivity index (χ2n) is 6.09. The standard InChI is InChI=1S/C18H19N3O3S2/c1-18(13-7-5-4-6-8-13)16(22)21(17(19-18)25-2)20-14-9-11-15(12-10-14)26(3,23)24/h4-12,20H,1-3H3. The lowest BCUT2D eigenvalue weighted by Crippen LogP contribution is -2.42. The van der Waals surface area contributed by atoms with Gasteiger partial charge in [-0.3, -0.25) is 10.2 Å². The molecule has 0 aliphatic carbocycles. The Balaban J connectivity index is 1.89. The number of sulfone groups is 1. The molecule has 26 heavy (non-hydrogen) atoms. The average Bonchev–Trinajstić information content (AvgIpc) is 2.88. The highest BCUT2D eigenvalue weighted by Crippen LogP contribution is 2.35. The summed E-state index contributed by atoms with van der Waals surface area (Å²) in [5, 5.41) is 1.96. The van der Waals surface area contributed by atoms with E-state index >= 15 is 0 Å². The molecular weight excluding hydrogens is 370 g/mol. The molecule has 0 saturated heterocycles. The summed E-state index contributed by atoms with van der Waals surface area (Å²) >= 11 is 1.36. The summed E-state index contributed by atoms with van der Waals surface area (Å²) in [6.07, 6.45) is 3.01. The summed E-state index contributed by atoms with van der Waals surface area (Å²) in [5.74, 6) is -0.194. The van der Waals surface area contributed by atoms with Crippen molar-refractivity contribution < 1.29 is 13.2 Å². The van der Waals surface area contributed by atoms with Crippen LogP contribution in [0.3, 0.4) is 0 Å². The fourth-order valence-electron chi connectivity index (χ4n) is 2.69. The number of aliphatic imine (C=N–C) groups is 1. The van der Waals surface area contributed by atoms with Crippen LogP contribution in [-0.2, 0) is 20.2 Å². The number of nitrogens with zero attached hydrogens (tertiary/aromatic N) is 2. The van der Waals surface area contributed by atoms with Crippen molar-refractivity contribution in [3.05, 3.63) is 60.2 Å². The first-order chi connectivity index (χ1) is 12.3. The Morgan fingerprint density at radius 2 is 1.69 bits per heavy atom. The van der Waals surface area contributed by atoms with Gasteiger partial charge in [-0.15, -0.1) is 0 Å². The van der Waals surface area contributed by atoms with Gasteiger partial charge in [-0.05, 0) is 43.0 Å². The zero-order chi connectivity index (χ0) is 18.9. The van der Waals surface area contributed by atoms with Crippen LogP contribution in [0.4, 0.5) is 5.69 Å². The van der Waals surface area contributed by atoms with Gasteiger partial charge < -0.3 is 0 Å². The Labute approximate surface area is 157 Å². The van der Waals surface area contributed by atoms with Crippen LogP contribution in [0, 0.1) is 0 Å². The third kappa shape index (κ3) is 3.34. The van der Waals surface area contributed by atoms with Crippen molar-refractivity contribution in [3.8, 4) is 0 Å². The zero-order valence-corrected chi connectivity index (χ0v) is 16.3. The number of carbonyl (C=O) groups is 1. The smallest absolute Gasteiger partial charge is 0.279 e. The maximum Gasteiger partial charge on any atom is 0.279 e. The van der Waals surface area contributed by atoms with Crippen molar-refractivity contribution in [2.75, 3.05) is 17.9 Å². The van der Waals surface area contributed by atoms with Gasteiger partial charge in [0.05, 0.1) is 10.6 Å². The first-order valence-electron chi connectivity index (χ1n) is 7.86. The van der Waals surface area contributed by atoms with E-state index in [0.29, 0.717) is 10.9 Å². The van der Waals surface area contributed by atoms with Gasteiger partial charge in [0.2, 0.25) is 0 Å². The predicted octanol–water partition coefficient (Wildman–Crippen LogP) is 2.89. The van der Waals surface area contributed by atoms with Gasteiger partial charge in [0, 0.05) is 6.26 Å². The van der Waals surface area contributed by atoms with E-state index in [-0.39, 0.29) is 10.8 Å². The molecule has 0 radical (unpaired) electrons. The Morgan fingerprint density at radius 3 is 2.23 bits per heavy atom. The monoisotopic (exact) mass is 389 g/mol. The van der Waals surface area contributed by atoms with E-state index in [2.05, 4.69) is 10.4 Å². The fraction of sp³-hybridized carbons (Fsp3) is 0.222. The summed E-state index contributed by atoms with van der Waals surface area (Å²) in [6, 6.07) is 15.7. The Bertz CT molecular complexity index is 957. The topological polar surface area (TPSA) is 78.8 Å². The number of rotatable bonds is 4. The second kappa shape index (κ2) is 6.77. The van der Waals surface area contributed by atoms with Crippen LogP contribution in [0.25, 0.3) is 0 Å². The number of hydrogen-bond acceptors (Lipinski definition) is 6. The molecule has 1 atom stereocenters. The minimum Gasteiger partial charge on any atom is -0.289 e. The Hall–Kier alpha value is -2.32. The minimum atomic E-state index is -3.26. The molecule has 1 unspecified atom stereocenters. The van der Waals surface area contributed by atoms with E-state index in [1.807, 2.05) is 36.6 Å². The summed E-state index contributed by atoms with van der Waals surface area (Å²) in [5.41, 5.74) is 3.45. The molecule has 1 aliphatic heterocycles. The van der Waals surface area contributed by atoms with Gasteiger partial charge in [-0.1, -0.05) is 42.1 Å². The molecule has 3 rings (SSSR count). The number of hydrogen-bond donors (Lipinski definition) is 1. The van der Waals surface area contributed by atoms with E-state index in [1.165, 1.54) is 28.9 Å². The Morgan fingerprint density at radius 1 is 1.08 bits per heavy atom. The molecule has 0 fully saturated rings. The van der Waals surface area contributed by atoms with Crippen LogP contribution < -0.4 is 5.43 Å². The number of hydrazine groups is 1. The van der Waals surface area contributed by atoms with Gasteiger partial charge in [0.25, 0.3) is 5.91 Å². The molecule has 2 aromatic carbocycles. The van der Waals surface area contributed by atoms with Crippen molar-refractivity contribution in [1.29, 1.82) is 0 Å². The second-order valence-corrected chi connectivity index (χ2v) is 8.87. The average molecular weight is 390 g/mol. The number of anilines is 1. The lowest BCUT2D eigenvalue weighted by atomic mass is 9.92. The molecular formula is C18H19N3O3S2. The Kier molecular flexibility index (Phi) is 4.81. The van der Waals surface area contributed by atoms with Gasteiger partial charge in [0.1, 0.15) is 0 Å². The number of nitrogens with one attached hydrogen (secondary N) is 1. The highest BCUT2D eigenvalue weighted by atomic mass is 32.2. The molecule has 0 aromatic heterocycles. The summed E-state index contributed by atoms with van der Waals surface area (Å²) in [6.45, 7) is 1.79. The van der Waals surface area contributed by atoms with Crippen LogP contribution in [-0.4, -0.2) is 37.0 Å². The number of amides is 1. The first-order valence-corrected chi connectivity index (χ1v) is 11.0. The highest BCUT2D eigenvalue weighted by molar-refractivity contribution is 8.13. The SMILES string of the molecule is CSC1=NC(C)(c2ccccc2)C(=O)N1Nc1ccc(S(C)(=O)=O)cc1. The minimum absolute atomic E-state index is 0.194. The largest absolute Gasteiger partial charge is 0.289 e. The van der Waals surface area contributed by atoms with E-state index in [0.717, 1.165) is 11.8 Å². The van der Waals surface area contributed by atoms with Crippen molar-refractivity contribution in [1.82, 2.24) is 5.01 Å².